The molecule has 0 amide bonds. The third-order valence-electron chi connectivity index (χ3n) is 1.35. The van der Waals surface area contributed by atoms with Gasteiger partial charge < -0.3 is 29.7 Å². The molecule has 0 rings (SSSR count). The van der Waals surface area contributed by atoms with Crippen LogP contribution in [0.4, 0.5) is 0 Å². The first-order chi connectivity index (χ1) is 9.54. The van der Waals surface area contributed by atoms with Crippen LogP contribution in [-0.2, 0) is 14.4 Å². The van der Waals surface area contributed by atoms with Crippen LogP contribution in [0.15, 0.2) is 36.5 Å². The van der Waals surface area contributed by atoms with Gasteiger partial charge in [0, 0.05) is 16.0 Å². The van der Waals surface area contributed by atoms with E-state index in [1.807, 2.05) is 0 Å². The van der Waals surface area contributed by atoms with Crippen LogP contribution < -0.4 is 15.3 Å². The largest absolute Gasteiger partial charge is 3.00 e. The van der Waals surface area contributed by atoms with Crippen molar-refractivity contribution in [2.75, 3.05) is 16.0 Å². The molecule has 10 heteroatoms. The molecular weight excluding hydrogens is 595 g/mol. The summed E-state index contributed by atoms with van der Waals surface area (Å²) in [5.74, 6) is -3.59. The van der Waals surface area contributed by atoms with E-state index in [1.165, 1.54) is 0 Å². The molecule has 22 heavy (non-hydrogen) atoms. The molecule has 0 aliphatic rings. The summed E-state index contributed by atoms with van der Waals surface area (Å²) in [6.45, 7) is 9.49. The summed E-state index contributed by atoms with van der Waals surface area (Å²) in [5.41, 5.74) is 0.208. The summed E-state index contributed by atoms with van der Waals surface area (Å²) >= 11 is 8.68. The summed E-state index contributed by atoms with van der Waals surface area (Å²) in [5, 5.41) is 29.9. The van der Waals surface area contributed by atoms with Gasteiger partial charge in [0.1, 0.15) is 0 Å². The Morgan fingerprint density at radius 2 is 0.773 bits per heavy atom. The molecule has 0 saturated heterocycles. The summed E-state index contributed by atoms with van der Waals surface area (Å²) in [7, 11) is 0. The van der Waals surface area contributed by atoms with Crippen LogP contribution in [-0.4, -0.2) is 59.7 Å². The minimum atomic E-state index is -1.20. The van der Waals surface area contributed by atoms with Crippen molar-refractivity contribution in [3.63, 3.8) is 0 Å². The molecule has 0 saturated carbocycles. The zero-order chi connectivity index (χ0) is 17.6. The second kappa shape index (κ2) is 19.0. The fourth-order valence-corrected chi connectivity index (χ4v) is 0.850. The fraction of sp³-hybridized carbons (Fsp3) is 0.250. The van der Waals surface area contributed by atoms with Crippen molar-refractivity contribution in [1.82, 2.24) is 0 Å². The predicted octanol–water partition coefficient (Wildman–Crippen LogP) is -1.32. The molecule has 0 unspecified atom stereocenters. The molecule has 0 atom stereocenters. The molecule has 0 aromatic rings. The Morgan fingerprint density at radius 3 is 0.773 bits per heavy atom. The molecule has 0 aromatic carbocycles. The van der Waals surface area contributed by atoms with Gasteiger partial charge in [-0.1, -0.05) is 67.5 Å². The van der Waals surface area contributed by atoms with E-state index >= 15 is 0 Å². The van der Waals surface area contributed by atoms with Gasteiger partial charge in [-0.3, -0.25) is 0 Å². The SMILES string of the molecule is C=C(CBr)C(=O)[O-].C=C(CBr)C(=O)[O-].C=C(CBr)C(=O)[O-].[In+3]. The van der Waals surface area contributed by atoms with Crippen molar-refractivity contribution in [3.05, 3.63) is 36.5 Å². The Bertz CT molecular complexity index is 361. The van der Waals surface area contributed by atoms with Gasteiger partial charge in [0.2, 0.25) is 0 Å². The number of aliphatic carboxylic acids is 3. The van der Waals surface area contributed by atoms with Gasteiger partial charge in [0.25, 0.3) is 0 Å². The number of carboxylic acids is 3. The molecule has 0 bridgehead atoms. The molecule has 0 spiro atoms. The number of hydrogen-bond acceptors (Lipinski definition) is 6. The van der Waals surface area contributed by atoms with Gasteiger partial charge >= 0.3 is 25.8 Å². The van der Waals surface area contributed by atoms with Crippen LogP contribution in [0.2, 0.25) is 0 Å². The van der Waals surface area contributed by atoms with E-state index in [0.29, 0.717) is 0 Å². The van der Waals surface area contributed by atoms with Gasteiger partial charge in [-0.15, -0.1) is 0 Å². The fourth-order valence-electron chi connectivity index (χ4n) is 0.164. The van der Waals surface area contributed by atoms with E-state index in [1.54, 1.807) is 0 Å². The monoisotopic (exact) mass is 604 g/mol. The molecule has 0 aromatic heterocycles. The van der Waals surface area contributed by atoms with E-state index in [4.69, 9.17) is 0 Å². The topological polar surface area (TPSA) is 120 Å². The maximum absolute atomic E-state index is 9.69. The normalized spacial score (nSPS) is 7.77. The Hall–Kier alpha value is -0.0599. The molecule has 0 aliphatic carbocycles. The smallest absolute Gasteiger partial charge is 0.545 e. The van der Waals surface area contributed by atoms with E-state index in [2.05, 4.69) is 67.5 Å². The number of carbonyl (C=O) groups is 3. The Balaban J connectivity index is -0.000000108. The van der Waals surface area contributed by atoms with E-state index < -0.39 is 17.9 Å². The van der Waals surface area contributed by atoms with E-state index in [-0.39, 0.29) is 58.6 Å². The van der Waals surface area contributed by atoms with Crippen molar-refractivity contribution in [2.24, 2.45) is 0 Å². The maximum atomic E-state index is 9.69. The number of carbonyl (C=O) groups excluding carboxylic acids is 3. The van der Waals surface area contributed by atoms with Crippen molar-refractivity contribution in [1.29, 1.82) is 0 Å². The van der Waals surface area contributed by atoms with Crippen LogP contribution in [0.5, 0.6) is 0 Å². The third kappa shape index (κ3) is 22.2. The summed E-state index contributed by atoms with van der Waals surface area (Å²) in [4.78, 5) is 29.1. The average molecular weight is 607 g/mol. The van der Waals surface area contributed by atoms with Gasteiger partial charge in [0.05, 0.1) is 17.9 Å². The molecule has 0 N–H and O–H groups in total. The second-order valence-corrected chi connectivity index (χ2v) is 4.76. The van der Waals surface area contributed by atoms with Crippen molar-refractivity contribution in [2.45, 2.75) is 0 Å². The molecule has 120 valence electrons. The van der Waals surface area contributed by atoms with E-state index in [0.717, 1.165) is 0 Å². The average Bonchev–Trinajstić information content (AvgIpc) is 2.45. The van der Waals surface area contributed by atoms with Crippen LogP contribution in [0.3, 0.4) is 0 Å². The molecule has 0 aliphatic heterocycles. The van der Waals surface area contributed by atoms with Crippen LogP contribution in [0.1, 0.15) is 0 Å². The number of alkyl halides is 3. The Kier molecular flexibility index (Phi) is 25.8. The Labute approximate surface area is 172 Å². The van der Waals surface area contributed by atoms with Gasteiger partial charge in [-0.2, -0.15) is 0 Å². The first-order valence-corrected chi connectivity index (χ1v) is 8.26. The maximum Gasteiger partial charge on any atom is 3.00 e. The number of halogens is 3. The van der Waals surface area contributed by atoms with Crippen LogP contribution in [0, 0.1) is 0 Å². The molecule has 6 nitrogen and oxygen atoms in total. The Morgan fingerprint density at radius 1 is 0.636 bits per heavy atom. The quantitative estimate of drug-likeness (QED) is 0.273. The minimum Gasteiger partial charge on any atom is -0.545 e. The van der Waals surface area contributed by atoms with Gasteiger partial charge in [-0.05, 0) is 16.7 Å². The summed E-state index contributed by atoms with van der Waals surface area (Å²) < 4.78 is 0. The number of hydrogen-bond donors (Lipinski definition) is 0. The van der Waals surface area contributed by atoms with Gasteiger partial charge in [-0.25, -0.2) is 0 Å². The standard InChI is InChI=1S/3C4H5BrO2.In/c3*1-3(2-5)4(6)7;/h3*1-2H2,(H,6,7);/q;;;+3/p-3. The number of carboxylic acid groups (broad SMARTS) is 3. The van der Waals surface area contributed by atoms with Crippen LogP contribution >= 0.6 is 47.8 Å². The zero-order valence-electron chi connectivity index (χ0n) is 11.4. The van der Waals surface area contributed by atoms with Crippen molar-refractivity contribution < 1.29 is 29.7 Å². The second-order valence-electron chi connectivity index (χ2n) is 3.07. The third-order valence-corrected chi connectivity index (χ3v) is 3.38. The van der Waals surface area contributed by atoms with Crippen molar-refractivity contribution >= 4 is 91.5 Å². The first-order valence-electron chi connectivity index (χ1n) is 4.90. The molecular formula is C12H12Br3InO6. The molecule has 0 heterocycles. The van der Waals surface area contributed by atoms with E-state index in [9.17, 15) is 29.7 Å². The van der Waals surface area contributed by atoms with Crippen molar-refractivity contribution in [3.8, 4) is 0 Å². The number of rotatable bonds is 6. The zero-order valence-corrected chi connectivity index (χ0v) is 19.5. The van der Waals surface area contributed by atoms with Gasteiger partial charge in [0.15, 0.2) is 0 Å². The minimum absolute atomic E-state index is 0. The van der Waals surface area contributed by atoms with Crippen LogP contribution in [0.25, 0.3) is 0 Å². The molecule has 0 fully saturated rings. The summed E-state index contributed by atoms with van der Waals surface area (Å²) in [6.07, 6.45) is 0. The first kappa shape index (κ1) is 29.9. The predicted molar refractivity (Wildman–Crippen MR) is 89.6 cm³/mol. The summed E-state index contributed by atoms with van der Waals surface area (Å²) in [6, 6.07) is 0. The molecule has 0 radical (unpaired) electrons.